The summed E-state index contributed by atoms with van der Waals surface area (Å²) in [4.78, 5) is 18.0. The molecule has 4 nitrogen and oxygen atoms in total. The van der Waals surface area contributed by atoms with E-state index in [1.165, 1.54) is 5.56 Å². The molecule has 0 bridgehead atoms. The minimum atomic E-state index is -0.621. The molecule has 1 amide bonds. The van der Waals surface area contributed by atoms with Crippen LogP contribution in [0.1, 0.15) is 62.5 Å². The number of carbonyl (C=O) groups excluding carboxylic acids is 1. The molecule has 2 aromatic rings. The monoisotopic (exact) mass is 342 g/mol. The zero-order chi connectivity index (χ0) is 18.0. The topological polar surface area (TPSA) is 56.3 Å². The van der Waals surface area contributed by atoms with Crippen molar-refractivity contribution in [1.82, 2.24) is 9.88 Å². The first-order valence-electron chi connectivity index (χ1n) is 9.49. The highest BCUT2D eigenvalue weighted by atomic mass is 16.3. The van der Waals surface area contributed by atoms with Gasteiger partial charge in [0.25, 0.3) is 5.91 Å². The van der Waals surface area contributed by atoms with E-state index in [0.717, 1.165) is 56.1 Å². The van der Waals surface area contributed by atoms with Gasteiger partial charge in [0.15, 0.2) is 0 Å². The summed E-state index contributed by atoms with van der Waals surface area (Å²) in [5.41, 5.74) is 2.41. The first kappa shape index (κ1) is 18.0. The van der Waals surface area contributed by atoms with E-state index in [1.54, 1.807) is 0 Å². The minimum Gasteiger partial charge on any atom is -0.390 e. The molecule has 4 heteroatoms. The molecule has 1 aromatic carbocycles. The quantitative estimate of drug-likeness (QED) is 0.858. The van der Waals surface area contributed by atoms with Crippen molar-refractivity contribution in [3.63, 3.8) is 0 Å². The Morgan fingerprint density at radius 1 is 1.28 bits per heavy atom. The van der Waals surface area contributed by atoms with Crippen molar-refractivity contribution in [3.05, 3.63) is 35.5 Å². The first-order chi connectivity index (χ1) is 11.9. The van der Waals surface area contributed by atoms with E-state index in [2.05, 4.69) is 30.1 Å². The molecule has 0 aliphatic carbocycles. The molecule has 1 aliphatic heterocycles. The molecule has 1 saturated heterocycles. The van der Waals surface area contributed by atoms with Crippen LogP contribution in [-0.4, -0.2) is 39.6 Å². The highest BCUT2D eigenvalue weighted by Crippen LogP contribution is 2.27. The Kier molecular flexibility index (Phi) is 5.19. The van der Waals surface area contributed by atoms with E-state index < -0.39 is 5.60 Å². The van der Waals surface area contributed by atoms with Gasteiger partial charge in [0, 0.05) is 24.0 Å². The van der Waals surface area contributed by atoms with Crippen molar-refractivity contribution < 1.29 is 9.90 Å². The third-order valence-corrected chi connectivity index (χ3v) is 5.14. The molecule has 0 radical (unpaired) electrons. The van der Waals surface area contributed by atoms with Gasteiger partial charge in [-0.05, 0) is 69.2 Å². The number of aromatic amines is 1. The number of piperidine rings is 1. The van der Waals surface area contributed by atoms with Crippen molar-refractivity contribution in [1.29, 1.82) is 0 Å². The number of aliphatic hydroxyl groups is 1. The van der Waals surface area contributed by atoms with E-state index in [1.807, 2.05) is 24.8 Å². The largest absolute Gasteiger partial charge is 0.390 e. The number of aryl methyl sites for hydroxylation is 1. The van der Waals surface area contributed by atoms with Crippen LogP contribution in [-0.2, 0) is 6.42 Å². The summed E-state index contributed by atoms with van der Waals surface area (Å²) in [7, 11) is 0. The number of aromatic nitrogens is 1. The summed E-state index contributed by atoms with van der Waals surface area (Å²) < 4.78 is 0. The van der Waals surface area contributed by atoms with Crippen LogP contribution in [0, 0.1) is 5.92 Å². The summed E-state index contributed by atoms with van der Waals surface area (Å²) in [6.07, 6.45) is 4.94. The molecular weight excluding hydrogens is 312 g/mol. The average molecular weight is 342 g/mol. The van der Waals surface area contributed by atoms with Crippen LogP contribution in [0.2, 0.25) is 0 Å². The predicted molar refractivity (Wildman–Crippen MR) is 102 cm³/mol. The highest BCUT2D eigenvalue weighted by Gasteiger charge is 2.27. The zero-order valence-electron chi connectivity index (χ0n) is 15.6. The van der Waals surface area contributed by atoms with E-state index in [4.69, 9.17) is 0 Å². The van der Waals surface area contributed by atoms with Crippen molar-refractivity contribution >= 4 is 16.8 Å². The van der Waals surface area contributed by atoms with Gasteiger partial charge in [-0.1, -0.05) is 19.4 Å². The van der Waals surface area contributed by atoms with Crippen molar-refractivity contribution in [2.45, 2.75) is 58.5 Å². The van der Waals surface area contributed by atoms with E-state index in [-0.39, 0.29) is 5.91 Å². The molecule has 1 aliphatic rings. The Hall–Kier alpha value is -1.81. The van der Waals surface area contributed by atoms with Crippen LogP contribution in [0.4, 0.5) is 0 Å². The van der Waals surface area contributed by atoms with Crippen LogP contribution in [0.3, 0.4) is 0 Å². The molecule has 0 saturated carbocycles. The number of likely N-dealkylation sites (tertiary alicyclic amines) is 1. The van der Waals surface area contributed by atoms with E-state index in [0.29, 0.717) is 11.6 Å². The molecule has 3 rings (SSSR count). The van der Waals surface area contributed by atoms with E-state index in [9.17, 15) is 9.90 Å². The maximum Gasteiger partial charge on any atom is 0.270 e. The number of nitrogens with one attached hydrogen (secondary N) is 1. The number of hydrogen-bond acceptors (Lipinski definition) is 2. The molecule has 0 spiro atoms. The lowest BCUT2D eigenvalue weighted by atomic mass is 9.86. The summed E-state index contributed by atoms with van der Waals surface area (Å²) in [5, 5.41) is 11.1. The number of amides is 1. The summed E-state index contributed by atoms with van der Waals surface area (Å²) in [6.45, 7) is 7.45. The molecule has 136 valence electrons. The van der Waals surface area contributed by atoms with Crippen LogP contribution in [0.25, 0.3) is 10.9 Å². The molecule has 0 unspecified atom stereocenters. The Morgan fingerprint density at radius 2 is 2.00 bits per heavy atom. The lowest BCUT2D eigenvalue weighted by Gasteiger charge is -2.34. The van der Waals surface area contributed by atoms with Gasteiger partial charge in [0.05, 0.1) is 5.60 Å². The number of benzene rings is 1. The Balaban J connectivity index is 1.66. The second-order valence-electron chi connectivity index (χ2n) is 8.11. The Bertz CT molecular complexity index is 734. The second-order valence-corrected chi connectivity index (χ2v) is 8.11. The number of rotatable bonds is 5. The molecule has 0 atom stereocenters. The van der Waals surface area contributed by atoms with Gasteiger partial charge in [0.1, 0.15) is 5.69 Å². The number of nitrogens with zero attached hydrogens (tertiary/aromatic N) is 1. The SMILES string of the molecule is CCCc1ccc2[nH]c(C(=O)N3CCC(CC(C)(C)O)CC3)cc2c1. The second kappa shape index (κ2) is 7.20. The van der Waals surface area contributed by atoms with Gasteiger partial charge in [-0.3, -0.25) is 4.79 Å². The highest BCUT2D eigenvalue weighted by molar-refractivity contribution is 5.98. The predicted octanol–water partition coefficient (Wildman–Crippen LogP) is 4.13. The van der Waals surface area contributed by atoms with Gasteiger partial charge in [0.2, 0.25) is 0 Å². The van der Waals surface area contributed by atoms with Gasteiger partial charge >= 0.3 is 0 Å². The van der Waals surface area contributed by atoms with E-state index >= 15 is 0 Å². The van der Waals surface area contributed by atoms with Crippen LogP contribution < -0.4 is 0 Å². The van der Waals surface area contributed by atoms with Crippen LogP contribution in [0.15, 0.2) is 24.3 Å². The normalized spacial score (nSPS) is 16.6. The summed E-state index contributed by atoms with van der Waals surface area (Å²) >= 11 is 0. The smallest absolute Gasteiger partial charge is 0.270 e. The Labute approximate surface area is 150 Å². The maximum atomic E-state index is 12.8. The van der Waals surface area contributed by atoms with Gasteiger partial charge in [-0.2, -0.15) is 0 Å². The number of fused-ring (bicyclic) bond motifs is 1. The molecule has 25 heavy (non-hydrogen) atoms. The number of H-pyrrole nitrogens is 1. The van der Waals surface area contributed by atoms with Crippen molar-refractivity contribution in [2.24, 2.45) is 5.92 Å². The Morgan fingerprint density at radius 3 is 2.64 bits per heavy atom. The molecule has 2 N–H and O–H groups in total. The number of hydrogen-bond donors (Lipinski definition) is 2. The van der Waals surface area contributed by atoms with Gasteiger partial charge < -0.3 is 15.0 Å². The first-order valence-corrected chi connectivity index (χ1v) is 9.49. The molecular formula is C21H30N2O2. The van der Waals surface area contributed by atoms with Gasteiger partial charge in [-0.25, -0.2) is 0 Å². The minimum absolute atomic E-state index is 0.0925. The third-order valence-electron chi connectivity index (χ3n) is 5.14. The van der Waals surface area contributed by atoms with Crippen LogP contribution >= 0.6 is 0 Å². The summed E-state index contributed by atoms with van der Waals surface area (Å²) in [5.74, 6) is 0.596. The molecule has 1 aromatic heterocycles. The van der Waals surface area contributed by atoms with Crippen molar-refractivity contribution in [3.8, 4) is 0 Å². The fourth-order valence-corrected chi connectivity index (χ4v) is 3.96. The average Bonchev–Trinajstić information content (AvgIpc) is 2.97. The zero-order valence-corrected chi connectivity index (χ0v) is 15.6. The van der Waals surface area contributed by atoms with Crippen LogP contribution in [0.5, 0.6) is 0 Å². The fourth-order valence-electron chi connectivity index (χ4n) is 3.96. The standard InChI is InChI=1S/C21H30N2O2/c1-4-5-15-6-7-18-17(12-15)13-19(22-18)20(24)23-10-8-16(9-11-23)14-21(2,3)25/h6-7,12-13,16,22,25H,4-5,8-11,14H2,1-3H3. The maximum absolute atomic E-state index is 12.8. The van der Waals surface area contributed by atoms with Gasteiger partial charge in [-0.15, -0.1) is 0 Å². The third kappa shape index (κ3) is 4.43. The van der Waals surface area contributed by atoms with Crippen molar-refractivity contribution in [2.75, 3.05) is 13.1 Å². The number of carbonyl (C=O) groups is 1. The summed E-state index contributed by atoms with van der Waals surface area (Å²) in [6, 6.07) is 8.38. The molecule has 1 fully saturated rings. The lowest BCUT2D eigenvalue weighted by Crippen LogP contribution is -2.40. The molecule has 2 heterocycles. The fraction of sp³-hybridized carbons (Fsp3) is 0.571. The lowest BCUT2D eigenvalue weighted by molar-refractivity contribution is 0.0357.